The zero-order valence-electron chi connectivity index (χ0n) is 14.2. The Balaban J connectivity index is 0.00000264. The summed E-state index contributed by atoms with van der Waals surface area (Å²) in [5, 5.41) is 7.31. The van der Waals surface area contributed by atoms with Crippen LogP contribution in [0.5, 0.6) is 5.88 Å². The highest BCUT2D eigenvalue weighted by Gasteiger charge is 2.27. The molecule has 1 saturated heterocycles. The molecule has 1 aliphatic rings. The number of rotatable bonds is 6. The molecule has 0 aromatic carbocycles. The summed E-state index contributed by atoms with van der Waals surface area (Å²) in [4.78, 5) is 14.4. The molecule has 132 valence electrons. The van der Waals surface area contributed by atoms with Crippen LogP contribution in [0.1, 0.15) is 24.1 Å². The largest absolute Gasteiger partial charge is 0.481 e. The number of aromatic nitrogens is 2. The molecule has 1 amide bonds. The van der Waals surface area contributed by atoms with E-state index in [9.17, 15) is 4.79 Å². The SMILES string of the molecule is COc1c(CN2CCCC(C(=O)NCCN)C2)c(C)nn1C.Cl. The molecule has 3 N–H and O–H groups in total. The lowest BCUT2D eigenvalue weighted by Crippen LogP contribution is -2.43. The number of nitrogens with two attached hydrogens (primary N) is 1. The van der Waals surface area contributed by atoms with E-state index in [1.807, 2.05) is 14.0 Å². The monoisotopic (exact) mass is 345 g/mol. The fraction of sp³-hybridized carbons (Fsp3) is 0.733. The Kier molecular flexibility index (Phi) is 7.81. The summed E-state index contributed by atoms with van der Waals surface area (Å²) in [6.45, 7) is 5.56. The van der Waals surface area contributed by atoms with Gasteiger partial charge in [-0.3, -0.25) is 9.69 Å². The van der Waals surface area contributed by atoms with Gasteiger partial charge in [-0.1, -0.05) is 0 Å². The van der Waals surface area contributed by atoms with Crippen LogP contribution in [-0.4, -0.2) is 53.9 Å². The van der Waals surface area contributed by atoms with Crippen molar-refractivity contribution in [3.63, 3.8) is 0 Å². The van der Waals surface area contributed by atoms with E-state index in [1.165, 1.54) is 0 Å². The van der Waals surface area contributed by atoms with E-state index >= 15 is 0 Å². The van der Waals surface area contributed by atoms with Crippen molar-refractivity contribution in [3.05, 3.63) is 11.3 Å². The van der Waals surface area contributed by atoms with Crippen LogP contribution in [0.15, 0.2) is 0 Å². The lowest BCUT2D eigenvalue weighted by Gasteiger charge is -2.32. The Bertz CT molecular complexity index is 520. The number of carbonyl (C=O) groups excluding carboxylic acids is 1. The first-order valence-electron chi connectivity index (χ1n) is 7.83. The zero-order chi connectivity index (χ0) is 16.1. The lowest BCUT2D eigenvalue weighted by atomic mass is 9.96. The summed E-state index contributed by atoms with van der Waals surface area (Å²) in [7, 11) is 3.55. The molecular formula is C15H28ClN5O2. The number of carbonyl (C=O) groups is 1. The summed E-state index contributed by atoms with van der Waals surface area (Å²) in [5.74, 6) is 0.959. The molecule has 1 atom stereocenters. The standard InChI is InChI=1S/C15H27N5O2.ClH/c1-11-13(15(22-3)19(2)18-11)10-20-8-4-5-12(9-20)14(21)17-7-6-16;/h12H,4-10,16H2,1-3H3,(H,17,21);1H. The summed E-state index contributed by atoms with van der Waals surface area (Å²) in [6.07, 6.45) is 1.97. The third kappa shape index (κ3) is 4.83. The lowest BCUT2D eigenvalue weighted by molar-refractivity contribution is -0.126. The quantitative estimate of drug-likeness (QED) is 0.781. The van der Waals surface area contributed by atoms with Gasteiger partial charge in [0.25, 0.3) is 0 Å². The fourth-order valence-corrected chi connectivity index (χ4v) is 3.09. The van der Waals surface area contributed by atoms with Gasteiger partial charge in [0.2, 0.25) is 11.8 Å². The fourth-order valence-electron chi connectivity index (χ4n) is 3.09. The molecule has 2 rings (SSSR count). The highest BCUT2D eigenvalue weighted by Crippen LogP contribution is 2.25. The number of hydrogen-bond acceptors (Lipinski definition) is 5. The van der Waals surface area contributed by atoms with E-state index in [1.54, 1.807) is 11.8 Å². The van der Waals surface area contributed by atoms with Crippen LogP contribution in [0.2, 0.25) is 0 Å². The highest BCUT2D eigenvalue weighted by atomic mass is 35.5. The normalized spacial score (nSPS) is 18.3. The molecule has 7 nitrogen and oxygen atoms in total. The molecular weight excluding hydrogens is 318 g/mol. The molecule has 1 unspecified atom stereocenters. The molecule has 23 heavy (non-hydrogen) atoms. The van der Waals surface area contributed by atoms with Crippen molar-refractivity contribution < 1.29 is 9.53 Å². The molecule has 8 heteroatoms. The Morgan fingerprint density at radius 2 is 2.26 bits per heavy atom. The summed E-state index contributed by atoms with van der Waals surface area (Å²) < 4.78 is 7.21. The number of hydrogen-bond donors (Lipinski definition) is 2. The average Bonchev–Trinajstić information content (AvgIpc) is 2.78. The number of halogens is 1. The van der Waals surface area contributed by atoms with Gasteiger partial charge in [-0.2, -0.15) is 5.10 Å². The van der Waals surface area contributed by atoms with Crippen molar-refractivity contribution in [2.45, 2.75) is 26.3 Å². The van der Waals surface area contributed by atoms with Crippen LogP contribution in [-0.2, 0) is 18.4 Å². The van der Waals surface area contributed by atoms with Gasteiger partial charge in [-0.25, -0.2) is 4.68 Å². The van der Waals surface area contributed by atoms with Crippen molar-refractivity contribution in [2.24, 2.45) is 18.7 Å². The van der Waals surface area contributed by atoms with Crippen molar-refractivity contribution in [1.29, 1.82) is 0 Å². The van der Waals surface area contributed by atoms with Crippen molar-refractivity contribution >= 4 is 18.3 Å². The van der Waals surface area contributed by atoms with Crippen LogP contribution in [0.3, 0.4) is 0 Å². The molecule has 1 fully saturated rings. The number of nitrogens with one attached hydrogen (secondary N) is 1. The van der Waals surface area contributed by atoms with E-state index in [0.717, 1.165) is 49.6 Å². The molecule has 1 aliphatic heterocycles. The van der Waals surface area contributed by atoms with Gasteiger partial charge in [0.1, 0.15) is 0 Å². The highest BCUT2D eigenvalue weighted by molar-refractivity contribution is 5.85. The third-order valence-corrected chi connectivity index (χ3v) is 4.18. The number of nitrogens with zero attached hydrogens (tertiary/aromatic N) is 3. The van der Waals surface area contributed by atoms with Crippen LogP contribution < -0.4 is 15.8 Å². The van der Waals surface area contributed by atoms with E-state index < -0.39 is 0 Å². The number of aryl methyl sites for hydroxylation is 2. The number of ether oxygens (including phenoxy) is 1. The maximum Gasteiger partial charge on any atom is 0.224 e. The minimum atomic E-state index is 0. The minimum absolute atomic E-state index is 0. The van der Waals surface area contributed by atoms with Crippen LogP contribution in [0.25, 0.3) is 0 Å². The summed E-state index contributed by atoms with van der Waals surface area (Å²) >= 11 is 0. The molecule has 1 aromatic rings. The van der Waals surface area contributed by atoms with Crippen molar-refractivity contribution in [1.82, 2.24) is 20.0 Å². The van der Waals surface area contributed by atoms with Gasteiger partial charge < -0.3 is 15.8 Å². The maximum absolute atomic E-state index is 12.1. The van der Waals surface area contributed by atoms with Gasteiger partial charge in [-0.05, 0) is 26.3 Å². The smallest absolute Gasteiger partial charge is 0.224 e. The van der Waals surface area contributed by atoms with E-state index in [2.05, 4.69) is 15.3 Å². The second-order valence-electron chi connectivity index (χ2n) is 5.85. The van der Waals surface area contributed by atoms with E-state index in [0.29, 0.717) is 13.1 Å². The molecule has 2 heterocycles. The number of likely N-dealkylation sites (tertiary alicyclic amines) is 1. The first-order valence-corrected chi connectivity index (χ1v) is 7.83. The van der Waals surface area contributed by atoms with Crippen LogP contribution in [0, 0.1) is 12.8 Å². The zero-order valence-corrected chi connectivity index (χ0v) is 15.0. The Labute approximate surface area is 143 Å². The summed E-state index contributed by atoms with van der Waals surface area (Å²) in [5.41, 5.74) is 7.52. The maximum atomic E-state index is 12.1. The molecule has 0 radical (unpaired) electrons. The molecule has 0 aliphatic carbocycles. The van der Waals surface area contributed by atoms with Crippen LogP contribution in [0.4, 0.5) is 0 Å². The second-order valence-corrected chi connectivity index (χ2v) is 5.85. The number of methoxy groups -OCH3 is 1. The molecule has 1 aromatic heterocycles. The van der Waals surface area contributed by atoms with Gasteiger partial charge in [0, 0.05) is 33.2 Å². The Morgan fingerprint density at radius 1 is 1.52 bits per heavy atom. The van der Waals surface area contributed by atoms with E-state index in [4.69, 9.17) is 10.5 Å². The molecule has 0 spiro atoms. The Morgan fingerprint density at radius 3 is 2.91 bits per heavy atom. The first kappa shape index (κ1) is 19.7. The average molecular weight is 346 g/mol. The summed E-state index contributed by atoms with van der Waals surface area (Å²) in [6, 6.07) is 0. The van der Waals surface area contributed by atoms with Crippen molar-refractivity contribution in [3.8, 4) is 5.88 Å². The number of amides is 1. The van der Waals surface area contributed by atoms with Gasteiger partial charge in [0.15, 0.2) is 0 Å². The molecule has 0 saturated carbocycles. The first-order chi connectivity index (χ1) is 10.6. The number of piperidine rings is 1. The van der Waals surface area contributed by atoms with Crippen molar-refractivity contribution in [2.75, 3.05) is 33.3 Å². The predicted molar refractivity (Wildman–Crippen MR) is 91.8 cm³/mol. The van der Waals surface area contributed by atoms with E-state index in [-0.39, 0.29) is 24.2 Å². The third-order valence-electron chi connectivity index (χ3n) is 4.18. The van der Waals surface area contributed by atoms with Gasteiger partial charge in [-0.15, -0.1) is 12.4 Å². The second kappa shape index (κ2) is 9.10. The predicted octanol–water partition coefficient (Wildman–Crippen LogP) is 0.446. The van der Waals surface area contributed by atoms with Crippen LogP contribution >= 0.6 is 12.4 Å². The molecule has 0 bridgehead atoms. The van der Waals surface area contributed by atoms with Gasteiger partial charge >= 0.3 is 0 Å². The Hall–Kier alpha value is -1.31. The topological polar surface area (TPSA) is 85.4 Å². The minimum Gasteiger partial charge on any atom is -0.481 e. The van der Waals surface area contributed by atoms with Gasteiger partial charge in [0.05, 0.1) is 24.3 Å².